The maximum absolute atomic E-state index is 13.1. The number of anilines is 1. The number of hydrogen-bond acceptors (Lipinski definition) is 4. The van der Waals surface area contributed by atoms with Crippen molar-refractivity contribution in [2.24, 2.45) is 15.0 Å². The van der Waals surface area contributed by atoms with Gasteiger partial charge in [0, 0.05) is 26.9 Å². The van der Waals surface area contributed by atoms with Crippen molar-refractivity contribution in [3.8, 4) is 0 Å². The molecule has 3 aromatic carbocycles. The normalized spacial score (nSPS) is 19.9. The Hall–Kier alpha value is -2.51. The number of amidine groups is 2. The second-order valence-electron chi connectivity index (χ2n) is 7.03. The second kappa shape index (κ2) is 8.12. The van der Waals surface area contributed by atoms with Crippen LogP contribution in [0.3, 0.4) is 0 Å². The van der Waals surface area contributed by atoms with E-state index in [-0.39, 0.29) is 11.5 Å². The molecule has 2 aliphatic rings. The molecule has 3 aromatic rings. The number of fused-ring (bicyclic) bond motifs is 1. The van der Waals surface area contributed by atoms with Gasteiger partial charge in [0.1, 0.15) is 0 Å². The molecule has 0 fully saturated rings. The Labute approximate surface area is 207 Å². The molecular weight excluding hydrogens is 535 g/mol. The molecule has 2 aliphatic heterocycles. The van der Waals surface area contributed by atoms with Gasteiger partial charge in [0.15, 0.2) is 17.4 Å². The third-order valence-corrected chi connectivity index (χ3v) is 6.79. The van der Waals surface area contributed by atoms with E-state index in [4.69, 9.17) is 44.8 Å². The van der Waals surface area contributed by atoms with Crippen molar-refractivity contribution in [2.45, 2.75) is 4.57 Å². The van der Waals surface area contributed by atoms with Gasteiger partial charge < -0.3 is 0 Å². The van der Waals surface area contributed by atoms with Gasteiger partial charge in [-0.3, -0.25) is 9.69 Å². The topological polar surface area (TPSA) is 57.4 Å². The molecule has 0 radical (unpaired) electrons. The first kappa shape index (κ1) is 21.3. The molecule has 0 aromatic heterocycles. The smallest absolute Gasteiger partial charge is 0.286 e. The Morgan fingerprint density at radius 2 is 1.53 bits per heavy atom. The molecule has 0 bridgehead atoms. The highest BCUT2D eigenvalue weighted by Crippen LogP contribution is 2.45. The predicted octanol–water partition coefficient (Wildman–Crippen LogP) is 6.50. The van der Waals surface area contributed by atoms with Crippen LogP contribution in [0.15, 0.2) is 87.8 Å². The SMILES string of the molecule is O=C1N=C(c2ccc(Cl)cc2Cl)N=C2C1=NC(Br)(c1ccc(Cl)cc1)N2c1ccccc1. The zero-order valence-corrected chi connectivity index (χ0v) is 20.0. The monoisotopic (exact) mass is 544 g/mol. The number of hydrogen-bond donors (Lipinski definition) is 0. The minimum atomic E-state index is -1.11. The molecule has 1 unspecified atom stereocenters. The van der Waals surface area contributed by atoms with E-state index in [1.807, 2.05) is 47.4 Å². The van der Waals surface area contributed by atoms with Gasteiger partial charge in [-0.25, -0.2) is 9.98 Å². The van der Waals surface area contributed by atoms with Crippen LogP contribution in [-0.2, 0) is 9.37 Å². The van der Waals surface area contributed by atoms with E-state index in [0.717, 1.165) is 11.3 Å². The summed E-state index contributed by atoms with van der Waals surface area (Å²) in [5.41, 5.74) is 2.21. The summed E-state index contributed by atoms with van der Waals surface area (Å²) in [5, 5.41) is 1.42. The largest absolute Gasteiger partial charge is 0.301 e. The van der Waals surface area contributed by atoms with Gasteiger partial charge in [-0.15, -0.1) is 0 Å². The molecule has 158 valence electrons. The van der Waals surface area contributed by atoms with Gasteiger partial charge in [-0.2, -0.15) is 4.99 Å². The standard InChI is InChI=1S/C23H12BrCl3N4O/c24-23(13-6-8-14(25)9-7-13)30-19-21(31(23)16-4-2-1-3-5-16)28-20(29-22(19)32)17-11-10-15(26)12-18(17)27/h1-12H. The zero-order chi connectivity index (χ0) is 22.5. The molecule has 1 atom stereocenters. The van der Waals surface area contributed by atoms with E-state index in [2.05, 4.69) is 20.9 Å². The van der Waals surface area contributed by atoms with E-state index < -0.39 is 10.5 Å². The number of alkyl halides is 1. The van der Waals surface area contributed by atoms with E-state index in [1.165, 1.54) is 0 Å². The molecule has 0 N–H and O–H groups in total. The Bertz CT molecular complexity index is 1340. The lowest BCUT2D eigenvalue weighted by Gasteiger charge is -2.33. The lowest BCUT2D eigenvalue weighted by Crippen LogP contribution is -2.43. The summed E-state index contributed by atoms with van der Waals surface area (Å²) in [5.74, 6) is 0.0516. The van der Waals surface area contributed by atoms with Crippen molar-refractivity contribution in [3.63, 3.8) is 0 Å². The van der Waals surface area contributed by atoms with Gasteiger partial charge in [0.2, 0.25) is 4.57 Å². The van der Waals surface area contributed by atoms with Crippen LogP contribution in [0.5, 0.6) is 0 Å². The van der Waals surface area contributed by atoms with Crippen LogP contribution in [0.1, 0.15) is 11.1 Å². The molecule has 2 heterocycles. The Morgan fingerprint density at radius 3 is 2.22 bits per heavy atom. The number of rotatable bonds is 3. The summed E-state index contributed by atoms with van der Waals surface area (Å²) in [6, 6.07) is 21.7. The summed E-state index contributed by atoms with van der Waals surface area (Å²) in [7, 11) is 0. The molecule has 1 amide bonds. The number of aliphatic imine (C=N–C) groups is 3. The van der Waals surface area contributed by atoms with Gasteiger partial charge in [0.05, 0.1) is 5.02 Å². The molecule has 0 spiro atoms. The van der Waals surface area contributed by atoms with Crippen molar-refractivity contribution in [2.75, 3.05) is 4.90 Å². The Balaban J connectivity index is 1.70. The lowest BCUT2D eigenvalue weighted by molar-refractivity contribution is -0.111. The first-order chi connectivity index (χ1) is 15.4. The number of amides is 1. The molecular formula is C23H12BrCl3N4O. The number of carbonyl (C=O) groups excluding carboxylic acids is 1. The van der Waals surface area contributed by atoms with E-state index in [0.29, 0.717) is 26.5 Å². The maximum Gasteiger partial charge on any atom is 0.301 e. The van der Waals surface area contributed by atoms with Crippen molar-refractivity contribution in [3.05, 3.63) is 99.0 Å². The highest BCUT2D eigenvalue weighted by Gasteiger charge is 2.49. The predicted molar refractivity (Wildman–Crippen MR) is 134 cm³/mol. The maximum atomic E-state index is 13.1. The first-order valence-corrected chi connectivity index (χ1v) is 11.4. The van der Waals surface area contributed by atoms with Crippen LogP contribution < -0.4 is 4.90 Å². The molecule has 0 saturated heterocycles. The van der Waals surface area contributed by atoms with Crippen molar-refractivity contribution < 1.29 is 4.79 Å². The number of halogens is 4. The molecule has 32 heavy (non-hydrogen) atoms. The van der Waals surface area contributed by atoms with Gasteiger partial charge in [-0.1, -0.05) is 65.1 Å². The quantitative estimate of drug-likeness (QED) is 0.278. The number of carbonyl (C=O) groups is 1. The average Bonchev–Trinajstić information content (AvgIpc) is 3.08. The number of para-hydroxylation sites is 1. The molecule has 0 aliphatic carbocycles. The summed E-state index contributed by atoms with van der Waals surface area (Å²) >= 11 is 22.2. The van der Waals surface area contributed by atoms with Gasteiger partial charge in [0.25, 0.3) is 0 Å². The fraction of sp³-hybridized carbons (Fsp3) is 0.0435. The number of benzene rings is 3. The van der Waals surface area contributed by atoms with E-state index in [1.54, 1.807) is 30.3 Å². The summed E-state index contributed by atoms with van der Waals surface area (Å²) in [6.07, 6.45) is 0. The molecule has 5 rings (SSSR count). The molecule has 5 nitrogen and oxygen atoms in total. The van der Waals surface area contributed by atoms with Crippen LogP contribution in [0.4, 0.5) is 5.69 Å². The van der Waals surface area contributed by atoms with Crippen LogP contribution in [0, 0.1) is 0 Å². The molecule has 0 saturated carbocycles. The highest BCUT2D eigenvalue weighted by molar-refractivity contribution is 9.09. The minimum absolute atomic E-state index is 0.148. The van der Waals surface area contributed by atoms with Crippen molar-refractivity contribution in [1.29, 1.82) is 0 Å². The van der Waals surface area contributed by atoms with E-state index in [9.17, 15) is 4.79 Å². The third kappa shape index (κ3) is 3.57. The van der Waals surface area contributed by atoms with Crippen molar-refractivity contribution in [1.82, 2.24) is 0 Å². The van der Waals surface area contributed by atoms with Gasteiger partial charge >= 0.3 is 5.91 Å². The van der Waals surface area contributed by atoms with E-state index >= 15 is 0 Å². The zero-order valence-electron chi connectivity index (χ0n) is 16.1. The van der Waals surface area contributed by atoms with Gasteiger partial charge in [-0.05, 0) is 58.4 Å². The van der Waals surface area contributed by atoms with Crippen LogP contribution >= 0.6 is 50.7 Å². The van der Waals surface area contributed by atoms with Crippen LogP contribution in [0.2, 0.25) is 15.1 Å². The summed E-state index contributed by atoms with van der Waals surface area (Å²) < 4.78 is -1.11. The highest BCUT2D eigenvalue weighted by atomic mass is 79.9. The summed E-state index contributed by atoms with van der Waals surface area (Å²) in [6.45, 7) is 0. The first-order valence-electron chi connectivity index (χ1n) is 9.44. The van der Waals surface area contributed by atoms with Crippen molar-refractivity contribution >= 4 is 79.7 Å². The molecule has 9 heteroatoms. The number of nitrogens with zero attached hydrogens (tertiary/aromatic N) is 4. The summed E-state index contributed by atoms with van der Waals surface area (Å²) in [4.78, 5) is 28.5. The second-order valence-corrected chi connectivity index (χ2v) is 9.41. The minimum Gasteiger partial charge on any atom is -0.286 e. The fourth-order valence-corrected chi connectivity index (χ4v) is 4.97. The Morgan fingerprint density at radius 1 is 0.844 bits per heavy atom. The Kier molecular flexibility index (Phi) is 5.42. The average molecular weight is 547 g/mol. The lowest BCUT2D eigenvalue weighted by atomic mass is 10.1. The fourth-order valence-electron chi connectivity index (χ4n) is 3.53. The third-order valence-electron chi connectivity index (χ3n) is 5.00. The van der Waals surface area contributed by atoms with Crippen LogP contribution in [0.25, 0.3) is 0 Å². The van der Waals surface area contributed by atoms with Crippen LogP contribution in [-0.4, -0.2) is 23.3 Å².